The van der Waals surface area contributed by atoms with E-state index in [4.69, 9.17) is 21.2 Å². The number of hydrogen-bond acceptors (Lipinski definition) is 7. The zero-order valence-electron chi connectivity index (χ0n) is 15.4. The molecule has 2 heterocycles. The highest BCUT2D eigenvalue weighted by Crippen LogP contribution is 2.43. The zero-order chi connectivity index (χ0) is 18.1. The number of anilines is 2. The van der Waals surface area contributed by atoms with Gasteiger partial charge in [0.2, 0.25) is 11.9 Å². The van der Waals surface area contributed by atoms with Crippen LogP contribution >= 0.6 is 0 Å². The number of aryl methyl sites for hydroxylation is 1. The van der Waals surface area contributed by atoms with Crippen molar-refractivity contribution in [2.75, 3.05) is 36.1 Å². The van der Waals surface area contributed by atoms with Gasteiger partial charge < -0.3 is 21.1 Å². The molecule has 4 N–H and O–H groups in total. The second-order valence-electron chi connectivity index (χ2n) is 7.41. The Bertz CT molecular complexity index is 732. The molecule has 7 heteroatoms. The van der Waals surface area contributed by atoms with Crippen molar-refractivity contribution in [1.29, 1.82) is 0 Å². The van der Waals surface area contributed by atoms with Crippen LogP contribution < -0.4 is 21.3 Å². The molecule has 0 aromatic heterocycles. The molecule has 2 fully saturated rings. The average Bonchev–Trinajstić information content (AvgIpc) is 2.62. The van der Waals surface area contributed by atoms with E-state index in [2.05, 4.69) is 39.9 Å². The lowest BCUT2D eigenvalue weighted by atomic mass is 9.87. The monoisotopic (exact) mass is 356 g/mol. The van der Waals surface area contributed by atoms with Crippen molar-refractivity contribution >= 4 is 23.3 Å². The van der Waals surface area contributed by atoms with Crippen molar-refractivity contribution in [3.8, 4) is 0 Å². The SMILES string of the molecule is Cc1ccc(N2CCOCC2)c(N2C(N)=NC(N)=NC23CCCCC3)c1. The van der Waals surface area contributed by atoms with Crippen LogP contribution in [0.1, 0.15) is 37.7 Å². The maximum Gasteiger partial charge on any atom is 0.220 e. The zero-order valence-corrected chi connectivity index (χ0v) is 15.4. The molecule has 1 aromatic rings. The van der Waals surface area contributed by atoms with Crippen molar-refractivity contribution < 1.29 is 4.74 Å². The molecule has 1 saturated carbocycles. The molecule has 1 aliphatic carbocycles. The van der Waals surface area contributed by atoms with E-state index in [1.807, 2.05) is 0 Å². The topological polar surface area (TPSA) is 92.5 Å². The van der Waals surface area contributed by atoms with Gasteiger partial charge in [0.1, 0.15) is 5.66 Å². The van der Waals surface area contributed by atoms with Crippen LogP contribution in [0, 0.1) is 6.92 Å². The summed E-state index contributed by atoms with van der Waals surface area (Å²) in [6.07, 6.45) is 5.37. The average molecular weight is 356 g/mol. The fraction of sp³-hybridized carbons (Fsp3) is 0.579. The van der Waals surface area contributed by atoms with E-state index in [9.17, 15) is 0 Å². The van der Waals surface area contributed by atoms with Gasteiger partial charge in [0, 0.05) is 13.1 Å². The van der Waals surface area contributed by atoms with Crippen LogP contribution in [0.2, 0.25) is 0 Å². The van der Waals surface area contributed by atoms with Crippen LogP contribution in [0.25, 0.3) is 0 Å². The summed E-state index contributed by atoms with van der Waals surface area (Å²) in [6, 6.07) is 6.53. The molecule has 7 nitrogen and oxygen atoms in total. The van der Waals surface area contributed by atoms with E-state index in [1.165, 1.54) is 12.0 Å². The largest absolute Gasteiger partial charge is 0.378 e. The number of ether oxygens (including phenoxy) is 1. The molecule has 1 spiro atoms. The van der Waals surface area contributed by atoms with Gasteiger partial charge in [0.05, 0.1) is 24.6 Å². The molecule has 0 amide bonds. The van der Waals surface area contributed by atoms with Crippen molar-refractivity contribution in [1.82, 2.24) is 0 Å². The standard InChI is InChI=1S/C19H28N6O/c1-14-5-6-15(24-9-11-26-12-10-24)16(13-14)25-18(21)22-17(20)23-19(25)7-3-2-4-8-19/h5-6,13H,2-4,7-12H2,1H3,(H4,20,21,22,23). The normalized spacial score (nSPS) is 23.0. The number of morpholine rings is 1. The van der Waals surface area contributed by atoms with E-state index >= 15 is 0 Å². The number of hydrogen-bond donors (Lipinski definition) is 2. The van der Waals surface area contributed by atoms with Crippen molar-refractivity contribution in [3.05, 3.63) is 23.8 Å². The molecule has 0 radical (unpaired) electrons. The first-order valence-corrected chi connectivity index (χ1v) is 9.52. The Labute approximate surface area is 154 Å². The molecule has 2 aliphatic heterocycles. The molecule has 140 valence electrons. The van der Waals surface area contributed by atoms with Gasteiger partial charge >= 0.3 is 0 Å². The summed E-state index contributed by atoms with van der Waals surface area (Å²) in [5.41, 5.74) is 15.5. The summed E-state index contributed by atoms with van der Waals surface area (Å²) in [6.45, 7) is 5.34. The summed E-state index contributed by atoms with van der Waals surface area (Å²) >= 11 is 0. The second-order valence-corrected chi connectivity index (χ2v) is 7.41. The molecule has 1 aromatic carbocycles. The van der Waals surface area contributed by atoms with Crippen molar-refractivity contribution in [2.45, 2.75) is 44.7 Å². The fourth-order valence-electron chi connectivity index (χ4n) is 4.35. The summed E-state index contributed by atoms with van der Waals surface area (Å²) in [5, 5.41) is 0. The van der Waals surface area contributed by atoms with E-state index < -0.39 is 5.66 Å². The van der Waals surface area contributed by atoms with Gasteiger partial charge in [-0.15, -0.1) is 0 Å². The Hall–Kier alpha value is -2.28. The third kappa shape index (κ3) is 3.00. The number of guanidine groups is 2. The number of rotatable bonds is 2. The van der Waals surface area contributed by atoms with Gasteiger partial charge in [0.25, 0.3) is 0 Å². The highest BCUT2D eigenvalue weighted by Gasteiger charge is 2.43. The smallest absolute Gasteiger partial charge is 0.220 e. The summed E-state index contributed by atoms with van der Waals surface area (Å²) in [7, 11) is 0. The predicted molar refractivity (Wildman–Crippen MR) is 106 cm³/mol. The van der Waals surface area contributed by atoms with E-state index in [0.29, 0.717) is 11.9 Å². The molecule has 0 atom stereocenters. The van der Waals surface area contributed by atoms with Crippen LogP contribution in [-0.4, -0.2) is 43.9 Å². The van der Waals surface area contributed by atoms with E-state index in [1.54, 1.807) is 0 Å². The van der Waals surface area contributed by atoms with Gasteiger partial charge in [-0.3, -0.25) is 4.90 Å². The Morgan fingerprint density at radius 1 is 1.04 bits per heavy atom. The lowest BCUT2D eigenvalue weighted by Gasteiger charge is -2.47. The van der Waals surface area contributed by atoms with Crippen LogP contribution in [0.3, 0.4) is 0 Å². The van der Waals surface area contributed by atoms with Crippen LogP contribution in [0.15, 0.2) is 28.2 Å². The number of benzene rings is 1. The summed E-state index contributed by atoms with van der Waals surface area (Å²) < 4.78 is 5.53. The lowest BCUT2D eigenvalue weighted by Crippen LogP contribution is -2.58. The van der Waals surface area contributed by atoms with E-state index in [0.717, 1.165) is 63.4 Å². The summed E-state index contributed by atoms with van der Waals surface area (Å²) in [4.78, 5) is 13.6. The molecule has 0 bridgehead atoms. The maximum absolute atomic E-state index is 6.43. The molecule has 1 saturated heterocycles. The second kappa shape index (κ2) is 6.79. The minimum absolute atomic E-state index is 0.293. The number of nitrogens with two attached hydrogens (primary N) is 2. The maximum atomic E-state index is 6.43. The Morgan fingerprint density at radius 2 is 1.77 bits per heavy atom. The Kier molecular flexibility index (Phi) is 4.48. The third-order valence-electron chi connectivity index (χ3n) is 5.58. The van der Waals surface area contributed by atoms with Crippen LogP contribution in [0.5, 0.6) is 0 Å². The first kappa shape index (κ1) is 17.1. The molecule has 26 heavy (non-hydrogen) atoms. The molecular weight excluding hydrogens is 328 g/mol. The number of aliphatic imine (C=N–C) groups is 2. The van der Waals surface area contributed by atoms with Gasteiger partial charge in [-0.25, -0.2) is 4.99 Å². The highest BCUT2D eigenvalue weighted by molar-refractivity contribution is 6.07. The van der Waals surface area contributed by atoms with Crippen molar-refractivity contribution in [3.63, 3.8) is 0 Å². The van der Waals surface area contributed by atoms with E-state index in [-0.39, 0.29) is 0 Å². The number of nitrogens with zero attached hydrogens (tertiary/aromatic N) is 4. The quantitative estimate of drug-likeness (QED) is 0.845. The highest BCUT2D eigenvalue weighted by atomic mass is 16.5. The molecular formula is C19H28N6O. The molecule has 3 aliphatic rings. The Balaban J connectivity index is 1.81. The minimum atomic E-state index is -0.414. The van der Waals surface area contributed by atoms with Gasteiger partial charge in [-0.2, -0.15) is 4.99 Å². The fourth-order valence-corrected chi connectivity index (χ4v) is 4.35. The van der Waals surface area contributed by atoms with Gasteiger partial charge in [-0.1, -0.05) is 12.5 Å². The lowest BCUT2D eigenvalue weighted by molar-refractivity contribution is 0.122. The predicted octanol–water partition coefficient (Wildman–Crippen LogP) is 1.94. The first-order valence-electron chi connectivity index (χ1n) is 9.52. The molecule has 4 rings (SSSR count). The third-order valence-corrected chi connectivity index (χ3v) is 5.58. The van der Waals surface area contributed by atoms with Gasteiger partial charge in [0.15, 0.2) is 0 Å². The minimum Gasteiger partial charge on any atom is -0.378 e. The van der Waals surface area contributed by atoms with Gasteiger partial charge in [-0.05, 0) is 50.3 Å². The Morgan fingerprint density at radius 3 is 2.50 bits per heavy atom. The van der Waals surface area contributed by atoms with Crippen molar-refractivity contribution in [2.24, 2.45) is 21.5 Å². The van der Waals surface area contributed by atoms with Crippen LogP contribution in [-0.2, 0) is 4.74 Å². The molecule has 0 unspecified atom stereocenters. The van der Waals surface area contributed by atoms with Crippen LogP contribution in [0.4, 0.5) is 11.4 Å². The summed E-state index contributed by atoms with van der Waals surface area (Å²) in [5.74, 6) is 0.737. The first-order chi connectivity index (χ1) is 12.6.